The molecule has 12 nitrogen and oxygen atoms in total. The van der Waals surface area contributed by atoms with Gasteiger partial charge in [-0.05, 0) is 6.07 Å². The SMILES string of the molecule is N#Cc1nc(N2CCC(F)(F)C2)c2ccn([C@@H]3O[C@H](COCP(=O)(O)O)[C@@H](O)[C@H]3O)c2n1. The number of nitriles is 1. The van der Waals surface area contributed by atoms with E-state index in [9.17, 15) is 28.8 Å². The molecule has 4 atom stereocenters. The summed E-state index contributed by atoms with van der Waals surface area (Å²) in [5.74, 6) is -3.00. The van der Waals surface area contributed by atoms with Gasteiger partial charge in [0.05, 0.1) is 18.5 Å². The first kappa shape index (κ1) is 22.9. The Morgan fingerprint density at radius 2 is 2.09 bits per heavy atom. The van der Waals surface area contributed by atoms with Crippen LogP contribution in [0.4, 0.5) is 14.6 Å². The number of aliphatic hydroxyl groups is 2. The van der Waals surface area contributed by atoms with Gasteiger partial charge in [0.2, 0.25) is 5.82 Å². The minimum atomic E-state index is -4.42. The van der Waals surface area contributed by atoms with Crippen LogP contribution in [0.2, 0.25) is 0 Å². The van der Waals surface area contributed by atoms with Crippen LogP contribution in [0.3, 0.4) is 0 Å². The average Bonchev–Trinajstić information content (AvgIpc) is 3.37. The summed E-state index contributed by atoms with van der Waals surface area (Å²) in [6.07, 6.45) is -4.97. The molecule has 2 aromatic heterocycles. The van der Waals surface area contributed by atoms with E-state index in [2.05, 4.69) is 9.97 Å². The lowest BCUT2D eigenvalue weighted by atomic mass is 10.1. The molecule has 0 saturated carbocycles. The molecule has 0 bridgehead atoms. The molecule has 0 spiro atoms. The third-order valence-electron chi connectivity index (χ3n) is 5.27. The fourth-order valence-electron chi connectivity index (χ4n) is 3.81. The number of hydrogen-bond donors (Lipinski definition) is 4. The summed E-state index contributed by atoms with van der Waals surface area (Å²) in [5, 5.41) is 30.4. The second-order valence-electron chi connectivity index (χ2n) is 7.68. The Morgan fingerprint density at radius 3 is 2.72 bits per heavy atom. The van der Waals surface area contributed by atoms with Gasteiger partial charge < -0.3 is 38.9 Å². The molecule has 2 aliphatic rings. The molecule has 15 heteroatoms. The monoisotopic (exact) mass is 475 g/mol. The van der Waals surface area contributed by atoms with Crippen molar-refractivity contribution in [3.05, 3.63) is 18.1 Å². The number of hydrogen-bond acceptors (Lipinski definition) is 9. The predicted molar refractivity (Wildman–Crippen MR) is 103 cm³/mol. The summed E-state index contributed by atoms with van der Waals surface area (Å²) < 4.78 is 50.2. The van der Waals surface area contributed by atoms with Crippen LogP contribution in [-0.2, 0) is 14.0 Å². The van der Waals surface area contributed by atoms with Crippen molar-refractivity contribution >= 4 is 24.4 Å². The lowest BCUT2D eigenvalue weighted by Crippen LogP contribution is -2.34. The Balaban J connectivity index is 1.63. The van der Waals surface area contributed by atoms with Crippen molar-refractivity contribution in [2.75, 3.05) is 30.9 Å². The minimum Gasteiger partial charge on any atom is -0.387 e. The first-order valence-electron chi connectivity index (χ1n) is 9.54. The molecule has 2 fully saturated rings. The Morgan fingerprint density at radius 1 is 1.34 bits per heavy atom. The maximum atomic E-state index is 13.7. The van der Waals surface area contributed by atoms with Gasteiger partial charge in [0.25, 0.3) is 5.92 Å². The number of ether oxygens (including phenoxy) is 2. The molecule has 4 N–H and O–H groups in total. The van der Waals surface area contributed by atoms with E-state index in [1.54, 1.807) is 6.07 Å². The fraction of sp³-hybridized carbons (Fsp3) is 0.588. The number of halogens is 2. The van der Waals surface area contributed by atoms with Gasteiger partial charge >= 0.3 is 7.60 Å². The van der Waals surface area contributed by atoms with Crippen LogP contribution in [0.1, 0.15) is 18.5 Å². The van der Waals surface area contributed by atoms with E-state index in [0.717, 1.165) is 0 Å². The molecule has 0 radical (unpaired) electrons. The van der Waals surface area contributed by atoms with Crippen molar-refractivity contribution in [1.82, 2.24) is 14.5 Å². The summed E-state index contributed by atoms with van der Waals surface area (Å²) in [7, 11) is -4.42. The summed E-state index contributed by atoms with van der Waals surface area (Å²) in [4.78, 5) is 27.3. The van der Waals surface area contributed by atoms with Crippen LogP contribution >= 0.6 is 7.60 Å². The number of aliphatic hydroxyl groups excluding tert-OH is 2. The lowest BCUT2D eigenvalue weighted by Gasteiger charge is -2.20. The molecular formula is C17H20F2N5O7P. The fourth-order valence-corrected chi connectivity index (χ4v) is 4.16. The number of nitrogens with zero attached hydrogens (tertiary/aromatic N) is 5. The van der Waals surface area contributed by atoms with Crippen molar-refractivity contribution < 1.29 is 42.8 Å². The lowest BCUT2D eigenvalue weighted by molar-refractivity contribution is -0.0610. The first-order chi connectivity index (χ1) is 15.0. The van der Waals surface area contributed by atoms with Crippen LogP contribution in [0, 0.1) is 11.3 Å². The van der Waals surface area contributed by atoms with E-state index in [1.807, 2.05) is 0 Å². The van der Waals surface area contributed by atoms with E-state index in [1.165, 1.54) is 21.7 Å². The molecule has 0 unspecified atom stereocenters. The van der Waals surface area contributed by atoms with E-state index < -0.39 is 57.6 Å². The van der Waals surface area contributed by atoms with Crippen molar-refractivity contribution in [2.24, 2.45) is 0 Å². The summed E-state index contributed by atoms with van der Waals surface area (Å²) >= 11 is 0. The molecule has 4 heterocycles. The average molecular weight is 475 g/mol. The van der Waals surface area contributed by atoms with Crippen molar-refractivity contribution in [1.29, 1.82) is 5.26 Å². The third kappa shape index (κ3) is 4.46. The summed E-state index contributed by atoms with van der Waals surface area (Å²) in [6.45, 7) is -0.920. The quantitative estimate of drug-likeness (QED) is 0.411. The number of rotatable bonds is 6. The highest BCUT2D eigenvalue weighted by molar-refractivity contribution is 7.51. The predicted octanol–water partition coefficient (Wildman–Crippen LogP) is -0.0806. The van der Waals surface area contributed by atoms with Gasteiger partial charge in [0.1, 0.15) is 42.2 Å². The highest BCUT2D eigenvalue weighted by atomic mass is 31.2. The second kappa shape index (κ2) is 8.27. The molecule has 2 aliphatic heterocycles. The normalized spacial score (nSPS) is 27.8. The van der Waals surface area contributed by atoms with Crippen LogP contribution in [0.25, 0.3) is 11.0 Å². The zero-order valence-corrected chi connectivity index (χ0v) is 17.3. The van der Waals surface area contributed by atoms with Gasteiger partial charge in [-0.25, -0.2) is 18.7 Å². The first-order valence-corrected chi connectivity index (χ1v) is 11.3. The van der Waals surface area contributed by atoms with Gasteiger partial charge in [0, 0.05) is 19.2 Å². The highest BCUT2D eigenvalue weighted by Crippen LogP contribution is 2.38. The summed E-state index contributed by atoms with van der Waals surface area (Å²) in [5.41, 5.74) is 0.134. The zero-order valence-electron chi connectivity index (χ0n) is 16.5. The third-order valence-corrected chi connectivity index (χ3v) is 5.79. The van der Waals surface area contributed by atoms with E-state index in [-0.39, 0.29) is 30.3 Å². The molecule has 0 amide bonds. The van der Waals surface area contributed by atoms with Gasteiger partial charge in [-0.1, -0.05) is 0 Å². The number of anilines is 1. The topological polar surface area (TPSA) is 174 Å². The van der Waals surface area contributed by atoms with Gasteiger partial charge in [-0.3, -0.25) is 4.57 Å². The standard InChI is InChI=1S/C17H20F2N5O7P/c18-17(19)2-4-23(7-17)14-9-1-3-24(15(9)22-11(5-20)21-14)16-13(26)12(25)10(31-16)6-30-8-32(27,28)29/h1,3,10,12-13,16,25-26H,2,4,6-8H2,(H2,27,28,29)/t10-,12-,13-,16-/m1/s1. The summed E-state index contributed by atoms with van der Waals surface area (Å²) in [6, 6.07) is 3.32. The molecule has 174 valence electrons. The van der Waals surface area contributed by atoms with Crippen LogP contribution in [-0.4, -0.2) is 84.8 Å². The van der Waals surface area contributed by atoms with E-state index in [4.69, 9.17) is 19.3 Å². The number of alkyl halides is 2. The second-order valence-corrected chi connectivity index (χ2v) is 9.27. The van der Waals surface area contributed by atoms with Crippen LogP contribution < -0.4 is 4.90 Å². The maximum Gasteiger partial charge on any atom is 0.350 e. The maximum absolute atomic E-state index is 13.7. The molecule has 32 heavy (non-hydrogen) atoms. The molecule has 0 aromatic carbocycles. The number of fused-ring (bicyclic) bond motifs is 1. The van der Waals surface area contributed by atoms with E-state index >= 15 is 0 Å². The Kier molecular flexibility index (Phi) is 5.93. The molecular weight excluding hydrogens is 455 g/mol. The van der Waals surface area contributed by atoms with Gasteiger partial charge in [-0.2, -0.15) is 5.26 Å². The van der Waals surface area contributed by atoms with Gasteiger partial charge in [-0.15, -0.1) is 0 Å². The Labute approximate surface area is 179 Å². The molecule has 2 saturated heterocycles. The minimum absolute atomic E-state index is 0.0371. The van der Waals surface area contributed by atoms with E-state index in [0.29, 0.717) is 5.39 Å². The molecule has 2 aromatic rings. The smallest absolute Gasteiger partial charge is 0.350 e. The van der Waals surface area contributed by atoms with Crippen LogP contribution in [0.5, 0.6) is 0 Å². The Hall–Kier alpha value is -2.24. The molecule has 0 aliphatic carbocycles. The zero-order chi connectivity index (χ0) is 23.3. The highest BCUT2D eigenvalue weighted by Gasteiger charge is 2.45. The van der Waals surface area contributed by atoms with Crippen molar-refractivity contribution in [3.8, 4) is 6.07 Å². The van der Waals surface area contributed by atoms with Crippen molar-refractivity contribution in [3.63, 3.8) is 0 Å². The Bertz CT molecular complexity index is 1100. The molecule has 4 rings (SSSR count). The van der Waals surface area contributed by atoms with Crippen molar-refractivity contribution in [2.45, 2.75) is 36.9 Å². The number of aromatic nitrogens is 3. The van der Waals surface area contributed by atoms with Gasteiger partial charge in [0.15, 0.2) is 6.23 Å². The largest absolute Gasteiger partial charge is 0.387 e. The van der Waals surface area contributed by atoms with Crippen LogP contribution in [0.15, 0.2) is 12.3 Å².